The molecule has 0 bridgehead atoms. The van der Waals surface area contributed by atoms with Gasteiger partial charge in [-0.05, 0) is 19.8 Å². The number of aryl methyl sites for hydroxylation is 1. The number of rotatable bonds is 2. The third kappa shape index (κ3) is 2.60. The fourth-order valence-electron chi connectivity index (χ4n) is 3.71. The lowest BCUT2D eigenvalue weighted by molar-refractivity contribution is -0.385. The van der Waals surface area contributed by atoms with E-state index in [1.165, 1.54) is 19.3 Å². The molecule has 6 heteroatoms. The topological polar surface area (TPSA) is 71.3 Å². The number of pyridine rings is 1. The van der Waals surface area contributed by atoms with E-state index in [-0.39, 0.29) is 16.1 Å². The normalized spacial score (nSPS) is 21.5. The molecule has 2 fully saturated rings. The molecule has 21 heavy (non-hydrogen) atoms. The van der Waals surface area contributed by atoms with E-state index in [9.17, 15) is 10.1 Å². The summed E-state index contributed by atoms with van der Waals surface area (Å²) in [7, 11) is 0. The molecule has 1 aliphatic heterocycles. The van der Waals surface area contributed by atoms with E-state index in [4.69, 9.17) is 0 Å². The van der Waals surface area contributed by atoms with Gasteiger partial charge in [-0.2, -0.15) is 0 Å². The Balaban J connectivity index is 1.96. The molecule has 2 aliphatic rings. The first-order valence-electron chi connectivity index (χ1n) is 7.72. The van der Waals surface area contributed by atoms with Crippen molar-refractivity contribution in [2.75, 3.05) is 24.5 Å². The van der Waals surface area contributed by atoms with Crippen LogP contribution in [0.4, 0.5) is 11.5 Å². The van der Waals surface area contributed by atoms with Crippen molar-refractivity contribution in [1.29, 1.82) is 0 Å². The van der Waals surface area contributed by atoms with Crippen molar-refractivity contribution in [3.8, 4) is 0 Å². The molecule has 1 N–H and O–H groups in total. The minimum absolute atomic E-state index is 0.0899. The number of anilines is 1. The lowest BCUT2D eigenvalue weighted by Gasteiger charge is -2.50. The maximum atomic E-state index is 11.2. The SMILES string of the molecule is Cc1cnc(N2CCNCC23CCCCC3)cc1[N+](=O)[O-]. The summed E-state index contributed by atoms with van der Waals surface area (Å²) in [6.45, 7) is 4.47. The zero-order valence-corrected chi connectivity index (χ0v) is 12.5. The summed E-state index contributed by atoms with van der Waals surface area (Å²) < 4.78 is 0. The van der Waals surface area contributed by atoms with Crippen molar-refractivity contribution in [3.63, 3.8) is 0 Å². The number of hydrogen-bond acceptors (Lipinski definition) is 5. The molecule has 114 valence electrons. The van der Waals surface area contributed by atoms with Crippen LogP contribution in [0.15, 0.2) is 12.3 Å². The third-order valence-corrected chi connectivity index (χ3v) is 4.86. The molecule has 0 atom stereocenters. The second-order valence-corrected chi connectivity index (χ2v) is 6.20. The molecule has 1 aromatic rings. The van der Waals surface area contributed by atoms with Gasteiger partial charge in [0.1, 0.15) is 5.82 Å². The van der Waals surface area contributed by atoms with Crippen LogP contribution in [-0.4, -0.2) is 35.1 Å². The maximum Gasteiger partial charge on any atom is 0.277 e. The van der Waals surface area contributed by atoms with Crippen LogP contribution in [0.5, 0.6) is 0 Å². The Labute approximate surface area is 124 Å². The minimum Gasteiger partial charge on any atom is -0.348 e. The van der Waals surface area contributed by atoms with E-state index in [2.05, 4.69) is 15.2 Å². The second kappa shape index (κ2) is 5.60. The monoisotopic (exact) mass is 290 g/mol. The lowest BCUT2D eigenvalue weighted by atomic mass is 9.79. The Morgan fingerprint density at radius 3 is 2.86 bits per heavy atom. The van der Waals surface area contributed by atoms with E-state index < -0.39 is 0 Å². The van der Waals surface area contributed by atoms with Crippen LogP contribution in [0.1, 0.15) is 37.7 Å². The quantitative estimate of drug-likeness (QED) is 0.669. The van der Waals surface area contributed by atoms with Crippen molar-refractivity contribution in [2.45, 2.75) is 44.6 Å². The van der Waals surface area contributed by atoms with Crippen LogP contribution in [0, 0.1) is 17.0 Å². The molecule has 0 aromatic carbocycles. The van der Waals surface area contributed by atoms with Gasteiger partial charge in [0.2, 0.25) is 0 Å². The van der Waals surface area contributed by atoms with E-state index >= 15 is 0 Å². The van der Waals surface area contributed by atoms with Crippen molar-refractivity contribution >= 4 is 11.5 Å². The Morgan fingerprint density at radius 1 is 1.38 bits per heavy atom. The van der Waals surface area contributed by atoms with Gasteiger partial charge in [0, 0.05) is 31.4 Å². The summed E-state index contributed by atoms with van der Waals surface area (Å²) in [5, 5.41) is 14.7. The van der Waals surface area contributed by atoms with Gasteiger partial charge in [0.25, 0.3) is 5.69 Å². The first-order valence-corrected chi connectivity index (χ1v) is 7.72. The highest BCUT2D eigenvalue weighted by molar-refractivity contribution is 5.53. The smallest absolute Gasteiger partial charge is 0.277 e. The Hall–Kier alpha value is -1.69. The van der Waals surface area contributed by atoms with Crippen molar-refractivity contribution in [2.24, 2.45) is 0 Å². The predicted molar refractivity (Wildman–Crippen MR) is 81.7 cm³/mol. The van der Waals surface area contributed by atoms with Gasteiger partial charge in [0.05, 0.1) is 16.5 Å². The maximum absolute atomic E-state index is 11.2. The summed E-state index contributed by atoms with van der Waals surface area (Å²) in [5.41, 5.74) is 0.883. The second-order valence-electron chi connectivity index (χ2n) is 6.20. The number of nitro groups is 1. The molecular formula is C15H22N4O2. The van der Waals surface area contributed by atoms with Crippen LogP contribution in [0.2, 0.25) is 0 Å². The molecular weight excluding hydrogens is 268 g/mol. The summed E-state index contributed by atoms with van der Waals surface area (Å²) >= 11 is 0. The van der Waals surface area contributed by atoms with Crippen LogP contribution in [0.25, 0.3) is 0 Å². The Bertz CT molecular complexity index is 532. The average molecular weight is 290 g/mol. The zero-order valence-electron chi connectivity index (χ0n) is 12.5. The highest BCUT2D eigenvalue weighted by atomic mass is 16.6. The van der Waals surface area contributed by atoms with Gasteiger partial charge in [-0.15, -0.1) is 0 Å². The average Bonchev–Trinajstić information content (AvgIpc) is 2.49. The van der Waals surface area contributed by atoms with E-state index in [0.29, 0.717) is 5.56 Å². The molecule has 0 amide bonds. The van der Waals surface area contributed by atoms with Crippen molar-refractivity contribution < 1.29 is 4.92 Å². The first kappa shape index (κ1) is 14.3. The highest BCUT2D eigenvalue weighted by Gasteiger charge is 2.40. The van der Waals surface area contributed by atoms with Gasteiger partial charge < -0.3 is 10.2 Å². The van der Waals surface area contributed by atoms with Gasteiger partial charge in [0.15, 0.2) is 0 Å². The Morgan fingerprint density at radius 2 is 2.14 bits per heavy atom. The number of nitrogens with zero attached hydrogens (tertiary/aromatic N) is 3. The van der Waals surface area contributed by atoms with Crippen LogP contribution < -0.4 is 10.2 Å². The summed E-state index contributed by atoms with van der Waals surface area (Å²) in [4.78, 5) is 17.7. The largest absolute Gasteiger partial charge is 0.348 e. The fraction of sp³-hybridized carbons (Fsp3) is 0.667. The standard InChI is InChI=1S/C15H22N4O2/c1-12-10-17-14(9-13(12)19(20)21)18-8-7-16-11-15(18)5-3-2-4-6-15/h9-10,16H,2-8,11H2,1H3. The molecule has 1 saturated heterocycles. The van der Waals surface area contributed by atoms with Crippen molar-refractivity contribution in [3.05, 3.63) is 27.9 Å². The van der Waals surface area contributed by atoms with Crippen LogP contribution in [-0.2, 0) is 0 Å². The molecule has 1 saturated carbocycles. The number of hydrogen-bond donors (Lipinski definition) is 1. The van der Waals surface area contributed by atoms with Crippen LogP contribution >= 0.6 is 0 Å². The van der Waals surface area contributed by atoms with Gasteiger partial charge in [-0.3, -0.25) is 10.1 Å². The summed E-state index contributed by atoms with van der Waals surface area (Å²) in [6, 6.07) is 1.65. The van der Waals surface area contributed by atoms with Gasteiger partial charge in [-0.25, -0.2) is 4.98 Å². The number of nitrogens with one attached hydrogen (secondary N) is 1. The minimum atomic E-state index is -0.309. The number of piperazine rings is 1. The lowest BCUT2D eigenvalue weighted by Crippen LogP contribution is -2.62. The fourth-order valence-corrected chi connectivity index (χ4v) is 3.71. The van der Waals surface area contributed by atoms with E-state index in [1.807, 2.05) is 0 Å². The molecule has 0 unspecified atom stereocenters. The third-order valence-electron chi connectivity index (χ3n) is 4.86. The first-order chi connectivity index (χ1) is 10.1. The predicted octanol–water partition coefficient (Wildman–Crippen LogP) is 2.41. The molecule has 1 aliphatic carbocycles. The Kier molecular flexibility index (Phi) is 3.80. The molecule has 1 spiro atoms. The zero-order chi connectivity index (χ0) is 14.9. The van der Waals surface area contributed by atoms with Gasteiger partial charge in [-0.1, -0.05) is 19.3 Å². The highest BCUT2D eigenvalue weighted by Crippen LogP contribution is 2.38. The molecule has 1 aromatic heterocycles. The molecule has 0 radical (unpaired) electrons. The van der Waals surface area contributed by atoms with Gasteiger partial charge >= 0.3 is 0 Å². The van der Waals surface area contributed by atoms with Crippen molar-refractivity contribution in [1.82, 2.24) is 10.3 Å². The van der Waals surface area contributed by atoms with E-state index in [0.717, 1.165) is 38.3 Å². The van der Waals surface area contributed by atoms with Crippen LogP contribution in [0.3, 0.4) is 0 Å². The molecule has 6 nitrogen and oxygen atoms in total. The molecule has 3 rings (SSSR count). The van der Waals surface area contributed by atoms with E-state index in [1.54, 1.807) is 19.2 Å². The summed E-state index contributed by atoms with van der Waals surface area (Å²) in [6.07, 6.45) is 7.66. The number of aromatic nitrogens is 1. The summed E-state index contributed by atoms with van der Waals surface area (Å²) in [5.74, 6) is 0.760. The molecule has 2 heterocycles.